The molecule has 1 aromatic carbocycles. The van der Waals surface area contributed by atoms with Gasteiger partial charge in [0.1, 0.15) is 17.5 Å². The molecule has 0 saturated carbocycles. The predicted molar refractivity (Wildman–Crippen MR) is 125 cm³/mol. The fourth-order valence-corrected chi connectivity index (χ4v) is 4.35. The summed E-state index contributed by atoms with van der Waals surface area (Å²) in [7, 11) is 0. The van der Waals surface area contributed by atoms with E-state index in [-0.39, 0.29) is 5.82 Å². The van der Waals surface area contributed by atoms with Crippen LogP contribution in [0.4, 0.5) is 16.0 Å². The van der Waals surface area contributed by atoms with E-state index in [0.717, 1.165) is 31.5 Å². The third-order valence-electron chi connectivity index (χ3n) is 5.60. The van der Waals surface area contributed by atoms with Gasteiger partial charge in [0.25, 0.3) is 0 Å². The van der Waals surface area contributed by atoms with Crippen LogP contribution in [0, 0.1) is 5.82 Å². The van der Waals surface area contributed by atoms with E-state index in [1.807, 2.05) is 6.07 Å². The minimum Gasteiger partial charge on any atom is -0.369 e. The average molecular weight is 454 g/mol. The van der Waals surface area contributed by atoms with Gasteiger partial charge in [-0.3, -0.25) is 9.78 Å². The first kappa shape index (κ1) is 22.0. The van der Waals surface area contributed by atoms with Gasteiger partial charge in [-0.05, 0) is 54.7 Å². The second-order valence-corrected chi connectivity index (χ2v) is 8.26. The number of nitrogens with two attached hydrogens (primary N) is 1. The lowest BCUT2D eigenvalue weighted by Crippen LogP contribution is -2.26. The van der Waals surface area contributed by atoms with Gasteiger partial charge in [-0.2, -0.15) is 0 Å². The zero-order valence-electron chi connectivity index (χ0n) is 17.6. The van der Waals surface area contributed by atoms with Gasteiger partial charge in [0.05, 0.1) is 10.9 Å². The van der Waals surface area contributed by atoms with Crippen LogP contribution in [0.15, 0.2) is 54.9 Å². The van der Waals surface area contributed by atoms with Crippen LogP contribution in [0.3, 0.4) is 0 Å². The van der Waals surface area contributed by atoms with Crippen LogP contribution in [0.1, 0.15) is 35.4 Å². The van der Waals surface area contributed by atoms with Crippen molar-refractivity contribution in [3.05, 3.63) is 82.4 Å². The van der Waals surface area contributed by atoms with Crippen molar-refractivity contribution in [1.82, 2.24) is 9.97 Å². The second-order valence-electron chi connectivity index (χ2n) is 7.85. The fourth-order valence-electron chi connectivity index (χ4n) is 4.07. The Balaban J connectivity index is 1.68. The van der Waals surface area contributed by atoms with E-state index in [4.69, 9.17) is 22.3 Å². The van der Waals surface area contributed by atoms with E-state index < -0.39 is 11.8 Å². The number of halogens is 2. The number of pyridine rings is 2. The highest BCUT2D eigenvalue weighted by Gasteiger charge is 2.27. The highest BCUT2D eigenvalue weighted by atomic mass is 35.5. The van der Waals surface area contributed by atoms with Crippen molar-refractivity contribution in [2.45, 2.75) is 25.2 Å². The van der Waals surface area contributed by atoms with Gasteiger partial charge in [-0.25, -0.2) is 9.37 Å². The molecule has 0 aliphatic carbocycles. The summed E-state index contributed by atoms with van der Waals surface area (Å²) in [6.45, 7) is 2.27. The molecule has 2 aromatic heterocycles. The zero-order chi connectivity index (χ0) is 22.5. The molecule has 1 saturated heterocycles. The first-order chi connectivity index (χ1) is 15.5. The highest BCUT2D eigenvalue weighted by molar-refractivity contribution is 6.33. The van der Waals surface area contributed by atoms with Gasteiger partial charge in [-0.15, -0.1) is 0 Å². The standard InChI is InChI=1S/C24H25ClFN5O/c25-20-14-19(21(22(27)32)17-6-4-9-28-15-17)23(30-24(20)31-11-1-2-12-31)29-10-8-16-5-3-7-18(26)13-16/h3-7,9,13-15,21H,1-2,8,10-12H2,(H2,27,32)(H,29,30). The Kier molecular flexibility index (Phi) is 6.85. The van der Waals surface area contributed by atoms with Gasteiger partial charge < -0.3 is 16.0 Å². The topological polar surface area (TPSA) is 84.1 Å². The summed E-state index contributed by atoms with van der Waals surface area (Å²) in [6.07, 6.45) is 6.02. The van der Waals surface area contributed by atoms with Crippen molar-refractivity contribution in [3.8, 4) is 0 Å². The van der Waals surface area contributed by atoms with E-state index in [1.54, 1.807) is 36.7 Å². The molecule has 1 amide bonds. The van der Waals surface area contributed by atoms with Crippen LogP contribution in [0.5, 0.6) is 0 Å². The van der Waals surface area contributed by atoms with E-state index in [2.05, 4.69) is 15.2 Å². The number of anilines is 2. The molecule has 1 unspecified atom stereocenters. The summed E-state index contributed by atoms with van der Waals surface area (Å²) >= 11 is 6.62. The van der Waals surface area contributed by atoms with Crippen molar-refractivity contribution in [2.24, 2.45) is 5.73 Å². The lowest BCUT2D eigenvalue weighted by molar-refractivity contribution is -0.118. The quantitative estimate of drug-likeness (QED) is 0.535. The van der Waals surface area contributed by atoms with E-state index in [9.17, 15) is 9.18 Å². The Morgan fingerprint density at radius 1 is 1.22 bits per heavy atom. The lowest BCUT2D eigenvalue weighted by Gasteiger charge is -2.23. The molecule has 0 radical (unpaired) electrons. The summed E-state index contributed by atoms with van der Waals surface area (Å²) in [5.74, 6) is -0.304. The van der Waals surface area contributed by atoms with Gasteiger partial charge >= 0.3 is 0 Å². The molecule has 1 aliphatic heterocycles. The number of hydrogen-bond acceptors (Lipinski definition) is 5. The number of hydrogen-bond donors (Lipinski definition) is 2. The molecule has 32 heavy (non-hydrogen) atoms. The summed E-state index contributed by atoms with van der Waals surface area (Å²) in [4.78, 5) is 23.6. The van der Waals surface area contributed by atoms with E-state index in [1.165, 1.54) is 12.1 Å². The third kappa shape index (κ3) is 4.99. The summed E-state index contributed by atoms with van der Waals surface area (Å²) in [5.41, 5.74) is 7.93. The van der Waals surface area contributed by atoms with Crippen LogP contribution in [-0.2, 0) is 11.2 Å². The molecule has 3 aromatic rings. The van der Waals surface area contributed by atoms with Crippen molar-refractivity contribution in [2.75, 3.05) is 29.9 Å². The molecule has 0 bridgehead atoms. The number of benzene rings is 1. The molecule has 1 aliphatic rings. The minimum atomic E-state index is -0.752. The smallest absolute Gasteiger partial charge is 0.229 e. The normalized spacial score (nSPS) is 14.4. The molecular formula is C24H25ClFN5O. The second kappa shape index (κ2) is 9.96. The van der Waals surface area contributed by atoms with Gasteiger partial charge in [0.2, 0.25) is 5.91 Å². The maximum Gasteiger partial charge on any atom is 0.229 e. The fraction of sp³-hybridized carbons (Fsp3) is 0.292. The molecule has 166 valence electrons. The number of primary amides is 1. The van der Waals surface area contributed by atoms with Gasteiger partial charge in [-0.1, -0.05) is 29.8 Å². The number of nitrogens with zero attached hydrogens (tertiary/aromatic N) is 3. The van der Waals surface area contributed by atoms with Crippen LogP contribution < -0.4 is 16.0 Å². The predicted octanol–water partition coefficient (Wildman–Crippen LogP) is 4.14. The number of amides is 1. The first-order valence-corrected chi connectivity index (χ1v) is 11.0. The van der Waals surface area contributed by atoms with Crippen molar-refractivity contribution >= 4 is 29.1 Å². The van der Waals surface area contributed by atoms with Crippen molar-refractivity contribution in [3.63, 3.8) is 0 Å². The number of carbonyl (C=O) groups is 1. The Hall–Kier alpha value is -3.19. The summed E-state index contributed by atoms with van der Waals surface area (Å²) < 4.78 is 13.5. The Morgan fingerprint density at radius 2 is 2.03 bits per heavy atom. The maximum atomic E-state index is 13.5. The molecule has 3 heterocycles. The van der Waals surface area contributed by atoms with Crippen LogP contribution in [-0.4, -0.2) is 35.5 Å². The molecule has 6 nitrogen and oxygen atoms in total. The molecule has 0 spiro atoms. The lowest BCUT2D eigenvalue weighted by atomic mass is 9.92. The number of rotatable bonds is 8. The Morgan fingerprint density at radius 3 is 2.72 bits per heavy atom. The first-order valence-electron chi connectivity index (χ1n) is 10.7. The van der Waals surface area contributed by atoms with Gasteiger partial charge in [0.15, 0.2) is 0 Å². The SMILES string of the molecule is NC(=O)C(c1cccnc1)c1cc(Cl)c(N2CCCC2)nc1NCCc1cccc(F)c1. The number of carbonyl (C=O) groups excluding carboxylic acids is 1. The third-order valence-corrected chi connectivity index (χ3v) is 5.88. The number of aromatic nitrogens is 2. The largest absolute Gasteiger partial charge is 0.369 e. The molecule has 4 rings (SSSR count). The van der Waals surface area contributed by atoms with Crippen molar-refractivity contribution in [1.29, 1.82) is 0 Å². The zero-order valence-corrected chi connectivity index (χ0v) is 18.4. The van der Waals surface area contributed by atoms with E-state index in [0.29, 0.717) is 40.8 Å². The van der Waals surface area contributed by atoms with Gasteiger partial charge in [0, 0.05) is 37.6 Å². The van der Waals surface area contributed by atoms with Crippen LogP contribution in [0.25, 0.3) is 0 Å². The minimum absolute atomic E-state index is 0.269. The van der Waals surface area contributed by atoms with E-state index >= 15 is 0 Å². The Bertz CT molecular complexity index is 1090. The summed E-state index contributed by atoms with van der Waals surface area (Å²) in [5, 5.41) is 3.81. The summed E-state index contributed by atoms with van der Waals surface area (Å²) in [6, 6.07) is 11.8. The van der Waals surface area contributed by atoms with Crippen molar-refractivity contribution < 1.29 is 9.18 Å². The van der Waals surface area contributed by atoms with Crippen LogP contribution >= 0.6 is 11.6 Å². The average Bonchev–Trinajstić information content (AvgIpc) is 3.30. The van der Waals surface area contributed by atoms with Crippen LogP contribution in [0.2, 0.25) is 5.02 Å². The molecule has 3 N–H and O–H groups in total. The maximum absolute atomic E-state index is 13.5. The highest BCUT2D eigenvalue weighted by Crippen LogP contribution is 2.36. The monoisotopic (exact) mass is 453 g/mol. The Labute approximate surface area is 191 Å². The number of nitrogens with one attached hydrogen (secondary N) is 1. The molecule has 8 heteroatoms. The molecular weight excluding hydrogens is 429 g/mol. The molecule has 1 fully saturated rings. The molecule has 1 atom stereocenters.